The van der Waals surface area contributed by atoms with E-state index in [9.17, 15) is 4.79 Å². The number of rotatable bonds is 10. The molecule has 0 aromatic heterocycles. The van der Waals surface area contributed by atoms with Crippen LogP contribution in [0.3, 0.4) is 0 Å². The first-order chi connectivity index (χ1) is 13.1. The minimum absolute atomic E-state index is 0.144. The average molecular weight is 369 g/mol. The van der Waals surface area contributed by atoms with Gasteiger partial charge in [0.1, 0.15) is 5.75 Å². The predicted octanol–water partition coefficient (Wildman–Crippen LogP) is 4.15. The lowest BCUT2D eigenvalue weighted by atomic mass is 10.1. The summed E-state index contributed by atoms with van der Waals surface area (Å²) in [5.74, 6) is 2.00. The van der Waals surface area contributed by atoms with Gasteiger partial charge in [-0.05, 0) is 61.7 Å². The summed E-state index contributed by atoms with van der Waals surface area (Å²) < 4.78 is 16.5. The Labute approximate surface area is 161 Å². The van der Waals surface area contributed by atoms with Crippen molar-refractivity contribution in [1.82, 2.24) is 5.32 Å². The van der Waals surface area contributed by atoms with Gasteiger partial charge in [0.2, 0.25) is 0 Å². The monoisotopic (exact) mass is 369 g/mol. The lowest BCUT2D eigenvalue weighted by Crippen LogP contribution is -2.23. The highest BCUT2D eigenvalue weighted by atomic mass is 16.5. The average Bonchev–Trinajstić information content (AvgIpc) is 2.68. The number of carbonyl (C=O) groups is 1. The maximum absolute atomic E-state index is 12.5. The highest BCUT2D eigenvalue weighted by Crippen LogP contribution is 2.28. The summed E-state index contributed by atoms with van der Waals surface area (Å²) in [4.78, 5) is 12.5. The minimum Gasteiger partial charge on any atom is -0.496 e. The van der Waals surface area contributed by atoms with Gasteiger partial charge in [-0.15, -0.1) is 6.58 Å². The van der Waals surface area contributed by atoms with Gasteiger partial charge < -0.3 is 19.5 Å². The second kappa shape index (κ2) is 10.3. The number of hydrogen-bond acceptors (Lipinski definition) is 4. The zero-order valence-corrected chi connectivity index (χ0v) is 16.2. The Morgan fingerprint density at radius 1 is 1.04 bits per heavy atom. The predicted molar refractivity (Wildman–Crippen MR) is 107 cm³/mol. The van der Waals surface area contributed by atoms with Gasteiger partial charge in [0, 0.05) is 12.1 Å². The molecule has 5 nitrogen and oxygen atoms in total. The van der Waals surface area contributed by atoms with E-state index < -0.39 is 0 Å². The van der Waals surface area contributed by atoms with Crippen LogP contribution in [0.1, 0.15) is 35.3 Å². The Hall–Kier alpha value is -2.95. The van der Waals surface area contributed by atoms with Crippen LogP contribution in [0.25, 0.3) is 0 Å². The summed E-state index contributed by atoms with van der Waals surface area (Å²) >= 11 is 0. The largest absolute Gasteiger partial charge is 0.496 e. The molecule has 2 aromatic rings. The summed E-state index contributed by atoms with van der Waals surface area (Å²) in [6.45, 7) is 9.12. The number of amides is 1. The van der Waals surface area contributed by atoms with Gasteiger partial charge in [0.05, 0.1) is 20.3 Å². The molecule has 0 bridgehead atoms. The van der Waals surface area contributed by atoms with Crippen molar-refractivity contribution in [1.29, 1.82) is 0 Å². The molecule has 0 aliphatic carbocycles. The van der Waals surface area contributed by atoms with Gasteiger partial charge in [-0.25, -0.2) is 0 Å². The molecule has 27 heavy (non-hydrogen) atoms. The van der Waals surface area contributed by atoms with Crippen LogP contribution in [0.5, 0.6) is 17.2 Å². The van der Waals surface area contributed by atoms with E-state index in [4.69, 9.17) is 14.2 Å². The van der Waals surface area contributed by atoms with Crippen LogP contribution >= 0.6 is 0 Å². The van der Waals surface area contributed by atoms with Crippen molar-refractivity contribution in [2.24, 2.45) is 0 Å². The molecule has 2 rings (SSSR count). The summed E-state index contributed by atoms with van der Waals surface area (Å²) in [6.07, 6.45) is 2.43. The van der Waals surface area contributed by atoms with E-state index in [0.29, 0.717) is 43.2 Å². The van der Waals surface area contributed by atoms with Crippen molar-refractivity contribution in [3.8, 4) is 17.2 Å². The molecule has 1 amide bonds. The molecule has 0 saturated carbocycles. The fourth-order valence-electron chi connectivity index (χ4n) is 2.72. The lowest BCUT2D eigenvalue weighted by molar-refractivity contribution is 0.0950. The first-order valence-corrected chi connectivity index (χ1v) is 9.07. The Bertz CT molecular complexity index is 786. The highest BCUT2D eigenvalue weighted by molar-refractivity contribution is 5.94. The van der Waals surface area contributed by atoms with Gasteiger partial charge in [-0.3, -0.25) is 4.79 Å². The van der Waals surface area contributed by atoms with E-state index >= 15 is 0 Å². The van der Waals surface area contributed by atoms with Gasteiger partial charge in [-0.1, -0.05) is 12.1 Å². The van der Waals surface area contributed by atoms with E-state index in [2.05, 4.69) is 11.9 Å². The van der Waals surface area contributed by atoms with Crippen molar-refractivity contribution in [3.63, 3.8) is 0 Å². The van der Waals surface area contributed by atoms with Crippen molar-refractivity contribution in [2.75, 3.05) is 20.3 Å². The maximum Gasteiger partial charge on any atom is 0.251 e. The van der Waals surface area contributed by atoms with Crippen LogP contribution in [0, 0.1) is 0 Å². The molecule has 2 aromatic carbocycles. The molecule has 0 aliphatic heterocycles. The first kappa shape index (κ1) is 20.4. The summed E-state index contributed by atoms with van der Waals surface area (Å²) in [5.41, 5.74) is 2.46. The molecular formula is C22H27NO4. The molecule has 0 radical (unpaired) electrons. The normalized spacial score (nSPS) is 10.2. The molecule has 5 heteroatoms. The van der Waals surface area contributed by atoms with Gasteiger partial charge in [0.25, 0.3) is 5.91 Å². The molecular weight excluding hydrogens is 342 g/mol. The van der Waals surface area contributed by atoms with Crippen molar-refractivity contribution in [3.05, 3.63) is 65.7 Å². The zero-order valence-electron chi connectivity index (χ0n) is 16.2. The molecule has 0 saturated heterocycles. The molecule has 144 valence electrons. The SMILES string of the molecule is C=CCc1cc(C(=O)NCc2ccc(OCC)c(OCC)c2)ccc1OC. The number of methoxy groups -OCH3 is 1. The number of benzene rings is 2. The molecule has 0 unspecified atom stereocenters. The molecule has 0 heterocycles. The second-order valence-corrected chi connectivity index (χ2v) is 5.85. The van der Waals surface area contributed by atoms with Crippen LogP contribution in [0.2, 0.25) is 0 Å². The fourth-order valence-corrected chi connectivity index (χ4v) is 2.72. The number of allylic oxidation sites excluding steroid dienone is 1. The smallest absolute Gasteiger partial charge is 0.251 e. The quantitative estimate of drug-likeness (QED) is 0.639. The van der Waals surface area contributed by atoms with Crippen LogP contribution in [0.15, 0.2) is 49.1 Å². The second-order valence-electron chi connectivity index (χ2n) is 5.85. The molecule has 0 atom stereocenters. The topological polar surface area (TPSA) is 56.8 Å². The summed E-state index contributed by atoms with van der Waals surface area (Å²) in [6, 6.07) is 11.1. The Balaban J connectivity index is 2.09. The zero-order chi connectivity index (χ0) is 19.6. The van der Waals surface area contributed by atoms with E-state index in [1.807, 2.05) is 38.1 Å². The highest BCUT2D eigenvalue weighted by Gasteiger charge is 2.11. The Morgan fingerprint density at radius 2 is 1.74 bits per heavy atom. The van der Waals surface area contributed by atoms with Crippen molar-refractivity contribution >= 4 is 5.91 Å². The molecule has 0 fully saturated rings. The molecule has 0 aliphatic rings. The number of ether oxygens (including phenoxy) is 3. The van der Waals surface area contributed by atoms with E-state index in [1.165, 1.54) is 0 Å². The van der Waals surface area contributed by atoms with E-state index in [-0.39, 0.29) is 5.91 Å². The Morgan fingerprint density at radius 3 is 2.41 bits per heavy atom. The number of hydrogen-bond donors (Lipinski definition) is 1. The number of nitrogens with one attached hydrogen (secondary N) is 1. The standard InChI is InChI=1S/C22H27NO4/c1-5-8-17-14-18(10-12-19(17)25-4)22(24)23-15-16-9-11-20(26-6-2)21(13-16)27-7-3/h5,9-14H,1,6-8,15H2,2-4H3,(H,23,24). The van der Waals surface area contributed by atoms with Crippen LogP contribution in [-0.2, 0) is 13.0 Å². The van der Waals surface area contributed by atoms with Gasteiger partial charge in [-0.2, -0.15) is 0 Å². The maximum atomic E-state index is 12.5. The third-order valence-corrected chi connectivity index (χ3v) is 3.97. The van der Waals surface area contributed by atoms with Crippen molar-refractivity contribution in [2.45, 2.75) is 26.8 Å². The summed E-state index contributed by atoms with van der Waals surface area (Å²) in [5, 5.41) is 2.94. The van der Waals surface area contributed by atoms with Crippen LogP contribution in [-0.4, -0.2) is 26.2 Å². The van der Waals surface area contributed by atoms with Crippen LogP contribution < -0.4 is 19.5 Å². The van der Waals surface area contributed by atoms with Crippen molar-refractivity contribution < 1.29 is 19.0 Å². The third kappa shape index (κ3) is 5.51. The number of carbonyl (C=O) groups excluding carboxylic acids is 1. The van der Waals surface area contributed by atoms with Gasteiger partial charge in [0.15, 0.2) is 11.5 Å². The van der Waals surface area contributed by atoms with E-state index in [1.54, 1.807) is 25.3 Å². The minimum atomic E-state index is -0.144. The Kier molecular flexibility index (Phi) is 7.74. The molecule has 1 N–H and O–H groups in total. The third-order valence-electron chi connectivity index (χ3n) is 3.97. The lowest BCUT2D eigenvalue weighted by Gasteiger charge is -2.13. The molecule has 0 spiro atoms. The fraction of sp³-hybridized carbons (Fsp3) is 0.318. The van der Waals surface area contributed by atoms with E-state index in [0.717, 1.165) is 16.9 Å². The van der Waals surface area contributed by atoms with Crippen LogP contribution in [0.4, 0.5) is 0 Å². The summed E-state index contributed by atoms with van der Waals surface area (Å²) in [7, 11) is 1.61. The van der Waals surface area contributed by atoms with Gasteiger partial charge >= 0.3 is 0 Å². The first-order valence-electron chi connectivity index (χ1n) is 9.07.